The predicted octanol–water partition coefficient (Wildman–Crippen LogP) is 4.12. The van der Waals surface area contributed by atoms with E-state index in [2.05, 4.69) is 10.1 Å². The fourth-order valence-electron chi connectivity index (χ4n) is 1.65. The van der Waals surface area contributed by atoms with Gasteiger partial charge in [0.1, 0.15) is 22.9 Å². The van der Waals surface area contributed by atoms with Crippen molar-refractivity contribution in [2.45, 2.75) is 6.36 Å². The molecule has 0 atom stereocenters. The Morgan fingerprint density at radius 2 is 1.50 bits per heavy atom. The second-order valence-corrected chi connectivity index (χ2v) is 4.12. The zero-order valence-corrected chi connectivity index (χ0v) is 10.7. The second-order valence-electron chi connectivity index (χ2n) is 4.12. The van der Waals surface area contributed by atoms with Crippen LogP contribution in [0.15, 0.2) is 42.5 Å². The SMILES string of the molecule is O=C(Nc1ccc(OC(F)(F)F)cc1)c1c(F)cccc1F. The summed E-state index contributed by atoms with van der Waals surface area (Å²) in [4.78, 5) is 11.8. The number of halogens is 5. The first-order valence-electron chi connectivity index (χ1n) is 5.87. The average Bonchev–Trinajstić information content (AvgIpc) is 2.39. The number of rotatable bonds is 3. The summed E-state index contributed by atoms with van der Waals surface area (Å²) in [6.45, 7) is 0. The Balaban J connectivity index is 2.12. The number of nitrogens with one attached hydrogen (secondary N) is 1. The Kier molecular flexibility index (Phi) is 4.30. The van der Waals surface area contributed by atoms with Gasteiger partial charge in [0.2, 0.25) is 0 Å². The van der Waals surface area contributed by atoms with Gasteiger partial charge in [-0.1, -0.05) is 6.07 Å². The Morgan fingerprint density at radius 3 is 2.00 bits per heavy atom. The zero-order chi connectivity index (χ0) is 16.3. The molecule has 8 heteroatoms. The van der Waals surface area contributed by atoms with Gasteiger partial charge in [0.05, 0.1) is 0 Å². The molecule has 22 heavy (non-hydrogen) atoms. The highest BCUT2D eigenvalue weighted by atomic mass is 19.4. The Morgan fingerprint density at radius 1 is 0.955 bits per heavy atom. The minimum absolute atomic E-state index is 0.0576. The van der Waals surface area contributed by atoms with Crippen molar-refractivity contribution in [2.24, 2.45) is 0 Å². The topological polar surface area (TPSA) is 38.3 Å². The maximum atomic E-state index is 13.4. The maximum Gasteiger partial charge on any atom is 0.573 e. The van der Waals surface area contributed by atoms with Crippen molar-refractivity contribution in [3.05, 3.63) is 59.7 Å². The van der Waals surface area contributed by atoms with Crippen LogP contribution < -0.4 is 10.1 Å². The van der Waals surface area contributed by atoms with Crippen molar-refractivity contribution >= 4 is 11.6 Å². The fourth-order valence-corrected chi connectivity index (χ4v) is 1.65. The molecule has 0 radical (unpaired) electrons. The van der Waals surface area contributed by atoms with E-state index in [1.807, 2.05) is 0 Å². The number of alkyl halides is 3. The Bertz CT molecular complexity index is 662. The van der Waals surface area contributed by atoms with Crippen molar-refractivity contribution < 1.29 is 31.5 Å². The first kappa shape index (κ1) is 15.7. The van der Waals surface area contributed by atoms with Gasteiger partial charge in [0, 0.05) is 5.69 Å². The van der Waals surface area contributed by atoms with Crippen molar-refractivity contribution in [3.8, 4) is 5.75 Å². The summed E-state index contributed by atoms with van der Waals surface area (Å²) in [6.07, 6.45) is -4.83. The Hall–Kier alpha value is -2.64. The quantitative estimate of drug-likeness (QED) is 0.865. The molecule has 0 spiro atoms. The van der Waals surface area contributed by atoms with E-state index in [1.54, 1.807) is 0 Å². The predicted molar refractivity (Wildman–Crippen MR) is 67.4 cm³/mol. The van der Waals surface area contributed by atoms with Gasteiger partial charge in [-0.25, -0.2) is 8.78 Å². The van der Waals surface area contributed by atoms with Crippen molar-refractivity contribution in [2.75, 3.05) is 5.32 Å². The molecule has 2 rings (SSSR count). The molecule has 0 aliphatic heterocycles. The minimum atomic E-state index is -4.83. The van der Waals surface area contributed by atoms with Gasteiger partial charge >= 0.3 is 6.36 Å². The zero-order valence-electron chi connectivity index (χ0n) is 10.7. The number of ether oxygens (including phenoxy) is 1. The van der Waals surface area contributed by atoms with E-state index < -0.39 is 35.2 Å². The summed E-state index contributed by atoms with van der Waals surface area (Å²) < 4.78 is 66.4. The summed E-state index contributed by atoms with van der Waals surface area (Å²) in [5.74, 6) is -3.63. The van der Waals surface area contributed by atoms with E-state index in [-0.39, 0.29) is 5.69 Å². The molecular weight excluding hydrogens is 309 g/mol. The van der Waals surface area contributed by atoms with Crippen LogP contribution in [0.5, 0.6) is 5.75 Å². The number of hydrogen-bond acceptors (Lipinski definition) is 2. The molecule has 2 aromatic carbocycles. The fraction of sp³-hybridized carbons (Fsp3) is 0.0714. The lowest BCUT2D eigenvalue weighted by molar-refractivity contribution is -0.274. The third kappa shape index (κ3) is 3.94. The minimum Gasteiger partial charge on any atom is -0.406 e. The number of carbonyl (C=O) groups excluding carboxylic acids is 1. The molecule has 0 fully saturated rings. The monoisotopic (exact) mass is 317 g/mol. The van der Waals surface area contributed by atoms with Gasteiger partial charge in [-0.2, -0.15) is 0 Å². The molecule has 0 aliphatic rings. The summed E-state index contributed by atoms with van der Waals surface area (Å²) in [5, 5.41) is 2.17. The second kappa shape index (κ2) is 6.00. The highest BCUT2D eigenvalue weighted by Gasteiger charge is 2.31. The first-order valence-corrected chi connectivity index (χ1v) is 5.87. The molecule has 0 saturated heterocycles. The molecule has 0 unspecified atom stereocenters. The number of benzene rings is 2. The summed E-state index contributed by atoms with van der Waals surface area (Å²) in [6, 6.07) is 7.07. The van der Waals surface area contributed by atoms with E-state index in [1.165, 1.54) is 0 Å². The van der Waals surface area contributed by atoms with Crippen LogP contribution >= 0.6 is 0 Å². The largest absolute Gasteiger partial charge is 0.573 e. The summed E-state index contributed by atoms with van der Waals surface area (Å²) in [5.41, 5.74) is -0.722. The average molecular weight is 317 g/mol. The molecule has 1 amide bonds. The van der Waals surface area contributed by atoms with Gasteiger partial charge in [0.25, 0.3) is 5.91 Å². The number of carbonyl (C=O) groups is 1. The van der Waals surface area contributed by atoms with Crippen molar-refractivity contribution in [1.29, 1.82) is 0 Å². The number of hydrogen-bond donors (Lipinski definition) is 1. The van der Waals surface area contributed by atoms with Gasteiger partial charge in [0.15, 0.2) is 0 Å². The molecule has 2 aromatic rings. The lowest BCUT2D eigenvalue weighted by Crippen LogP contribution is -2.17. The van der Waals surface area contributed by atoms with Crippen LogP contribution in [0.2, 0.25) is 0 Å². The first-order chi connectivity index (χ1) is 10.3. The normalized spacial score (nSPS) is 11.1. The van der Waals surface area contributed by atoms with E-state index in [0.29, 0.717) is 0 Å². The van der Waals surface area contributed by atoms with Gasteiger partial charge < -0.3 is 10.1 Å². The summed E-state index contributed by atoms with van der Waals surface area (Å²) >= 11 is 0. The van der Waals surface area contributed by atoms with Crippen LogP contribution in [0.4, 0.5) is 27.6 Å². The summed E-state index contributed by atoms with van der Waals surface area (Å²) in [7, 11) is 0. The highest BCUT2D eigenvalue weighted by Crippen LogP contribution is 2.24. The van der Waals surface area contributed by atoms with Gasteiger partial charge in [-0.15, -0.1) is 13.2 Å². The highest BCUT2D eigenvalue weighted by molar-refractivity contribution is 6.04. The van der Waals surface area contributed by atoms with Crippen LogP contribution in [0.1, 0.15) is 10.4 Å². The third-order valence-electron chi connectivity index (χ3n) is 2.54. The molecule has 0 heterocycles. The molecule has 0 bridgehead atoms. The Labute approximate surface area is 121 Å². The lowest BCUT2D eigenvalue weighted by Gasteiger charge is -2.10. The van der Waals surface area contributed by atoms with Gasteiger partial charge in [-0.3, -0.25) is 4.79 Å². The smallest absolute Gasteiger partial charge is 0.406 e. The molecule has 1 N–H and O–H groups in total. The standard InChI is InChI=1S/C14H8F5NO2/c15-10-2-1-3-11(16)12(10)13(21)20-8-4-6-9(7-5-8)22-14(17,18)19/h1-7H,(H,20,21). The van der Waals surface area contributed by atoms with Crippen LogP contribution in [-0.4, -0.2) is 12.3 Å². The van der Waals surface area contributed by atoms with Crippen LogP contribution in [0.3, 0.4) is 0 Å². The third-order valence-corrected chi connectivity index (χ3v) is 2.54. The molecular formula is C14H8F5NO2. The molecule has 0 aromatic heterocycles. The van der Waals surface area contributed by atoms with Gasteiger partial charge in [-0.05, 0) is 36.4 Å². The number of anilines is 1. The molecule has 0 saturated carbocycles. The van der Waals surface area contributed by atoms with Crippen molar-refractivity contribution in [3.63, 3.8) is 0 Å². The van der Waals surface area contributed by atoms with E-state index in [9.17, 15) is 26.7 Å². The molecule has 3 nitrogen and oxygen atoms in total. The maximum absolute atomic E-state index is 13.4. The molecule has 116 valence electrons. The lowest BCUT2D eigenvalue weighted by atomic mass is 10.2. The van der Waals surface area contributed by atoms with Crippen LogP contribution in [0.25, 0.3) is 0 Å². The number of amides is 1. The van der Waals surface area contributed by atoms with Crippen LogP contribution in [-0.2, 0) is 0 Å². The van der Waals surface area contributed by atoms with Crippen molar-refractivity contribution in [1.82, 2.24) is 0 Å². The van der Waals surface area contributed by atoms with E-state index in [0.717, 1.165) is 42.5 Å². The van der Waals surface area contributed by atoms with E-state index >= 15 is 0 Å². The molecule has 0 aliphatic carbocycles. The van der Waals surface area contributed by atoms with E-state index in [4.69, 9.17) is 0 Å². The van der Waals surface area contributed by atoms with Crippen LogP contribution in [0, 0.1) is 11.6 Å².